The van der Waals surface area contributed by atoms with Gasteiger partial charge < -0.3 is 5.32 Å². The Labute approximate surface area is 128 Å². The van der Waals surface area contributed by atoms with Gasteiger partial charge in [-0.2, -0.15) is 13.2 Å². The van der Waals surface area contributed by atoms with Crippen molar-refractivity contribution >= 4 is 21.6 Å². The molecule has 0 heterocycles. The minimum absolute atomic E-state index is 0.00142. The highest BCUT2D eigenvalue weighted by Crippen LogP contribution is 2.33. The Kier molecular flexibility index (Phi) is 4.56. The maximum absolute atomic E-state index is 13.0. The molecule has 0 saturated carbocycles. The number of hydrogen-bond acceptors (Lipinski definition) is 1. The van der Waals surface area contributed by atoms with Gasteiger partial charge in [0.05, 0.1) is 5.56 Å². The minimum Gasteiger partial charge on any atom is -0.381 e. The predicted octanol–water partition coefficient (Wildman–Crippen LogP) is 5.53. The second-order valence-electron chi connectivity index (χ2n) is 4.67. The van der Waals surface area contributed by atoms with Gasteiger partial charge in [0.2, 0.25) is 0 Å². The molecule has 112 valence electrons. The van der Waals surface area contributed by atoms with Crippen molar-refractivity contribution in [3.8, 4) is 0 Å². The maximum Gasteiger partial charge on any atom is 0.416 e. The largest absolute Gasteiger partial charge is 0.416 e. The van der Waals surface area contributed by atoms with Gasteiger partial charge >= 0.3 is 6.18 Å². The Morgan fingerprint density at radius 2 is 1.81 bits per heavy atom. The van der Waals surface area contributed by atoms with Crippen molar-refractivity contribution in [2.45, 2.75) is 19.6 Å². The molecule has 6 heteroatoms. The lowest BCUT2D eigenvalue weighted by molar-refractivity contribution is -0.138. The average Bonchev–Trinajstić information content (AvgIpc) is 2.35. The van der Waals surface area contributed by atoms with E-state index in [-0.39, 0.29) is 12.1 Å². The van der Waals surface area contributed by atoms with Crippen molar-refractivity contribution in [2.75, 3.05) is 5.32 Å². The standard InChI is InChI=1S/C15H12BrF4N/c1-9-4-11(16)6-13(5-9)21-8-10-2-3-12(17)7-14(10)15(18,19)20/h2-7,21H,8H2,1H3. The van der Waals surface area contributed by atoms with Gasteiger partial charge in [0.15, 0.2) is 0 Å². The summed E-state index contributed by atoms with van der Waals surface area (Å²) in [5.41, 5.74) is 0.713. The van der Waals surface area contributed by atoms with Gasteiger partial charge in [0.1, 0.15) is 5.82 Å². The molecular formula is C15H12BrF4N. The third-order valence-corrected chi connectivity index (χ3v) is 3.36. The summed E-state index contributed by atoms with van der Waals surface area (Å²) in [5, 5.41) is 2.92. The van der Waals surface area contributed by atoms with Gasteiger partial charge in [-0.3, -0.25) is 0 Å². The van der Waals surface area contributed by atoms with Crippen molar-refractivity contribution in [2.24, 2.45) is 0 Å². The third-order valence-electron chi connectivity index (χ3n) is 2.90. The lowest BCUT2D eigenvalue weighted by Gasteiger charge is -2.14. The van der Waals surface area contributed by atoms with Crippen LogP contribution in [0.25, 0.3) is 0 Å². The molecule has 21 heavy (non-hydrogen) atoms. The predicted molar refractivity (Wildman–Crippen MR) is 77.6 cm³/mol. The van der Waals surface area contributed by atoms with E-state index < -0.39 is 17.6 Å². The summed E-state index contributed by atoms with van der Waals surface area (Å²) in [4.78, 5) is 0. The van der Waals surface area contributed by atoms with Crippen LogP contribution in [0.2, 0.25) is 0 Å². The van der Waals surface area contributed by atoms with E-state index >= 15 is 0 Å². The first kappa shape index (κ1) is 15.8. The average molecular weight is 362 g/mol. The zero-order valence-electron chi connectivity index (χ0n) is 11.1. The number of rotatable bonds is 3. The number of alkyl halides is 3. The highest BCUT2D eigenvalue weighted by molar-refractivity contribution is 9.10. The summed E-state index contributed by atoms with van der Waals surface area (Å²) in [6.07, 6.45) is -4.58. The van der Waals surface area contributed by atoms with Crippen LogP contribution in [0.5, 0.6) is 0 Å². The topological polar surface area (TPSA) is 12.0 Å². The molecule has 2 aromatic carbocycles. The molecule has 1 N–H and O–H groups in total. The van der Waals surface area contributed by atoms with Crippen LogP contribution in [0.1, 0.15) is 16.7 Å². The van der Waals surface area contributed by atoms with E-state index in [9.17, 15) is 17.6 Å². The summed E-state index contributed by atoms with van der Waals surface area (Å²) in [5.74, 6) is -0.899. The first-order valence-electron chi connectivity index (χ1n) is 6.12. The van der Waals surface area contributed by atoms with E-state index in [0.29, 0.717) is 11.8 Å². The van der Waals surface area contributed by atoms with Gasteiger partial charge in [0.25, 0.3) is 0 Å². The van der Waals surface area contributed by atoms with Crippen LogP contribution < -0.4 is 5.32 Å². The molecule has 0 aliphatic carbocycles. The van der Waals surface area contributed by atoms with Gasteiger partial charge in [0, 0.05) is 16.7 Å². The normalized spacial score (nSPS) is 11.5. The highest BCUT2D eigenvalue weighted by atomic mass is 79.9. The van der Waals surface area contributed by atoms with E-state index in [2.05, 4.69) is 21.2 Å². The molecule has 0 saturated heterocycles. The molecule has 0 radical (unpaired) electrons. The Bertz CT molecular complexity index is 632. The number of aryl methyl sites for hydroxylation is 1. The first-order valence-corrected chi connectivity index (χ1v) is 6.92. The van der Waals surface area contributed by atoms with E-state index in [0.717, 1.165) is 22.2 Å². The molecule has 2 aromatic rings. The third kappa shape index (κ3) is 4.20. The number of nitrogens with one attached hydrogen (secondary N) is 1. The molecule has 0 atom stereocenters. The molecule has 0 aromatic heterocycles. The molecule has 0 spiro atoms. The molecule has 0 fully saturated rings. The molecule has 0 unspecified atom stereocenters. The Hall–Kier alpha value is -1.56. The zero-order chi connectivity index (χ0) is 15.6. The fourth-order valence-corrected chi connectivity index (χ4v) is 2.61. The number of anilines is 1. The molecule has 0 bridgehead atoms. The molecule has 2 rings (SSSR count). The van der Waals surface area contributed by atoms with E-state index in [4.69, 9.17) is 0 Å². The van der Waals surface area contributed by atoms with Crippen molar-refractivity contribution in [3.63, 3.8) is 0 Å². The maximum atomic E-state index is 13.0. The van der Waals surface area contributed by atoms with Gasteiger partial charge in [-0.15, -0.1) is 0 Å². The Morgan fingerprint density at radius 3 is 2.43 bits per heavy atom. The van der Waals surface area contributed by atoms with Crippen LogP contribution in [-0.2, 0) is 12.7 Å². The van der Waals surface area contributed by atoms with Crippen LogP contribution in [-0.4, -0.2) is 0 Å². The highest BCUT2D eigenvalue weighted by Gasteiger charge is 2.33. The van der Waals surface area contributed by atoms with Crippen molar-refractivity contribution in [3.05, 3.63) is 63.4 Å². The van der Waals surface area contributed by atoms with Gasteiger partial charge in [-0.05, 0) is 48.4 Å². The number of benzene rings is 2. The van der Waals surface area contributed by atoms with Gasteiger partial charge in [-0.25, -0.2) is 4.39 Å². The van der Waals surface area contributed by atoms with Crippen LogP contribution in [0.15, 0.2) is 40.9 Å². The molecule has 0 amide bonds. The number of hydrogen-bond donors (Lipinski definition) is 1. The quantitative estimate of drug-likeness (QED) is 0.709. The SMILES string of the molecule is Cc1cc(Br)cc(NCc2ccc(F)cc2C(F)(F)F)c1. The van der Waals surface area contributed by atoms with Crippen molar-refractivity contribution < 1.29 is 17.6 Å². The van der Waals surface area contributed by atoms with Crippen LogP contribution in [0.4, 0.5) is 23.2 Å². The van der Waals surface area contributed by atoms with Crippen LogP contribution in [0.3, 0.4) is 0 Å². The van der Waals surface area contributed by atoms with Crippen LogP contribution >= 0.6 is 15.9 Å². The Balaban J connectivity index is 2.24. The molecule has 0 aliphatic heterocycles. The monoisotopic (exact) mass is 361 g/mol. The minimum atomic E-state index is -4.58. The summed E-state index contributed by atoms with van der Waals surface area (Å²) in [6, 6.07) is 8.17. The van der Waals surface area contributed by atoms with E-state index in [1.807, 2.05) is 19.1 Å². The summed E-state index contributed by atoms with van der Waals surface area (Å²) < 4.78 is 52.5. The number of halogens is 5. The van der Waals surface area contributed by atoms with E-state index in [1.54, 1.807) is 6.07 Å². The Morgan fingerprint density at radius 1 is 1.10 bits per heavy atom. The van der Waals surface area contributed by atoms with Crippen LogP contribution in [0, 0.1) is 12.7 Å². The summed E-state index contributed by atoms with van der Waals surface area (Å²) in [6.45, 7) is 1.85. The lowest BCUT2D eigenvalue weighted by atomic mass is 10.1. The second-order valence-corrected chi connectivity index (χ2v) is 5.59. The summed E-state index contributed by atoms with van der Waals surface area (Å²) in [7, 11) is 0. The van der Waals surface area contributed by atoms with Crippen molar-refractivity contribution in [1.29, 1.82) is 0 Å². The summed E-state index contributed by atoms with van der Waals surface area (Å²) >= 11 is 3.33. The first-order chi connectivity index (χ1) is 9.75. The lowest BCUT2D eigenvalue weighted by Crippen LogP contribution is -2.12. The van der Waals surface area contributed by atoms with Crippen molar-refractivity contribution in [1.82, 2.24) is 0 Å². The molecular weight excluding hydrogens is 350 g/mol. The smallest absolute Gasteiger partial charge is 0.381 e. The fraction of sp³-hybridized carbons (Fsp3) is 0.200. The molecule has 1 nitrogen and oxygen atoms in total. The van der Waals surface area contributed by atoms with E-state index in [1.165, 1.54) is 0 Å². The second kappa shape index (κ2) is 6.05. The van der Waals surface area contributed by atoms with Gasteiger partial charge in [-0.1, -0.05) is 22.0 Å². The fourth-order valence-electron chi connectivity index (χ4n) is 2.00. The zero-order valence-corrected chi connectivity index (χ0v) is 12.6. The molecule has 0 aliphatic rings.